The van der Waals surface area contributed by atoms with Crippen LogP contribution in [0.25, 0.3) is 0 Å². The first-order chi connectivity index (χ1) is 9.10. The van der Waals surface area contributed by atoms with Gasteiger partial charge in [-0.05, 0) is 53.2 Å². The van der Waals surface area contributed by atoms with Crippen LogP contribution < -0.4 is 15.8 Å². The number of rotatable bonds is 4. The molecule has 4 nitrogen and oxygen atoms in total. The van der Waals surface area contributed by atoms with Crippen molar-refractivity contribution in [2.75, 3.05) is 18.2 Å². The number of pyridine rings is 1. The molecule has 0 saturated heterocycles. The number of ether oxygens (including phenoxy) is 1. The van der Waals surface area contributed by atoms with E-state index in [1.807, 2.05) is 37.3 Å². The van der Waals surface area contributed by atoms with E-state index in [-0.39, 0.29) is 0 Å². The lowest BCUT2D eigenvalue weighted by Gasteiger charge is -2.11. The number of nitrogens with two attached hydrogens (primary N) is 1. The number of anilines is 2. The topological polar surface area (TPSA) is 60.2 Å². The molecule has 0 unspecified atom stereocenters. The summed E-state index contributed by atoms with van der Waals surface area (Å²) in [6.45, 7) is 2.57. The number of nitrogens with zero attached hydrogens (tertiary/aromatic N) is 1. The summed E-state index contributed by atoms with van der Waals surface area (Å²) < 4.78 is 6.31. The second-order valence-electron chi connectivity index (χ2n) is 4.19. The van der Waals surface area contributed by atoms with Gasteiger partial charge in [0.1, 0.15) is 11.6 Å². The monoisotopic (exact) mass is 321 g/mol. The molecule has 2 aromatic rings. The maximum Gasteiger partial charge on any atom is 0.126 e. The molecule has 1 aromatic carbocycles. The Labute approximate surface area is 121 Å². The van der Waals surface area contributed by atoms with E-state index < -0.39 is 0 Å². The molecule has 2 rings (SSSR count). The van der Waals surface area contributed by atoms with Gasteiger partial charge in [-0.2, -0.15) is 0 Å². The van der Waals surface area contributed by atoms with Crippen molar-refractivity contribution in [2.45, 2.75) is 13.5 Å². The Bertz CT molecular complexity index is 587. The van der Waals surface area contributed by atoms with Gasteiger partial charge in [0.15, 0.2) is 0 Å². The van der Waals surface area contributed by atoms with Gasteiger partial charge in [0.2, 0.25) is 0 Å². The van der Waals surface area contributed by atoms with Crippen molar-refractivity contribution >= 4 is 27.4 Å². The Balaban J connectivity index is 2.13. The number of nitrogens with one attached hydrogen (secondary N) is 1. The number of benzene rings is 1. The van der Waals surface area contributed by atoms with Crippen molar-refractivity contribution in [3.05, 3.63) is 46.1 Å². The van der Waals surface area contributed by atoms with Crippen LogP contribution in [0.2, 0.25) is 0 Å². The fourth-order valence-electron chi connectivity index (χ4n) is 1.76. The number of nitrogen functional groups attached to an aromatic ring is 1. The highest BCUT2D eigenvalue weighted by atomic mass is 79.9. The molecule has 3 N–H and O–H groups in total. The van der Waals surface area contributed by atoms with Gasteiger partial charge in [0.05, 0.1) is 12.8 Å². The normalized spacial score (nSPS) is 10.3. The van der Waals surface area contributed by atoms with Crippen molar-refractivity contribution in [2.24, 2.45) is 0 Å². The Hall–Kier alpha value is -1.75. The van der Waals surface area contributed by atoms with E-state index >= 15 is 0 Å². The molecular weight excluding hydrogens is 306 g/mol. The summed E-state index contributed by atoms with van der Waals surface area (Å²) in [5.74, 6) is 1.64. The van der Waals surface area contributed by atoms with Crippen molar-refractivity contribution in [3.8, 4) is 5.75 Å². The summed E-state index contributed by atoms with van der Waals surface area (Å²) in [5, 5.41) is 3.26. The van der Waals surface area contributed by atoms with Gasteiger partial charge in [-0.15, -0.1) is 0 Å². The zero-order chi connectivity index (χ0) is 13.8. The quantitative estimate of drug-likeness (QED) is 0.848. The van der Waals surface area contributed by atoms with E-state index in [0.717, 1.165) is 33.0 Å². The number of methoxy groups -OCH3 is 1. The molecule has 19 heavy (non-hydrogen) atoms. The van der Waals surface area contributed by atoms with Crippen LogP contribution in [-0.4, -0.2) is 12.1 Å². The lowest BCUT2D eigenvalue weighted by Crippen LogP contribution is -2.04. The highest BCUT2D eigenvalue weighted by Gasteiger charge is 2.04. The number of halogens is 1. The van der Waals surface area contributed by atoms with E-state index in [0.29, 0.717) is 6.54 Å². The Morgan fingerprint density at radius 2 is 2.11 bits per heavy atom. The third kappa shape index (κ3) is 3.38. The molecule has 0 atom stereocenters. The summed E-state index contributed by atoms with van der Waals surface area (Å²) in [7, 11) is 1.65. The van der Waals surface area contributed by atoms with Gasteiger partial charge in [-0.25, -0.2) is 4.98 Å². The maximum absolute atomic E-state index is 5.79. The highest BCUT2D eigenvalue weighted by molar-refractivity contribution is 9.10. The van der Waals surface area contributed by atoms with Gasteiger partial charge < -0.3 is 15.8 Å². The predicted molar refractivity (Wildman–Crippen MR) is 81.4 cm³/mol. The molecule has 0 saturated carbocycles. The van der Waals surface area contributed by atoms with Crippen LogP contribution in [0.5, 0.6) is 5.75 Å². The Morgan fingerprint density at radius 3 is 2.79 bits per heavy atom. The lowest BCUT2D eigenvalue weighted by atomic mass is 10.1. The molecule has 0 fully saturated rings. The molecule has 0 aliphatic heterocycles. The molecule has 0 aliphatic rings. The molecule has 100 valence electrons. The van der Waals surface area contributed by atoms with Crippen LogP contribution in [-0.2, 0) is 6.54 Å². The zero-order valence-electron chi connectivity index (χ0n) is 10.9. The van der Waals surface area contributed by atoms with Gasteiger partial charge in [-0.3, -0.25) is 0 Å². The van der Waals surface area contributed by atoms with Crippen LogP contribution in [0, 0.1) is 6.92 Å². The average molecular weight is 322 g/mol. The molecule has 0 amide bonds. The van der Waals surface area contributed by atoms with Gasteiger partial charge in [0, 0.05) is 22.3 Å². The minimum Gasteiger partial charge on any atom is -0.496 e. The van der Waals surface area contributed by atoms with Crippen molar-refractivity contribution in [3.63, 3.8) is 0 Å². The van der Waals surface area contributed by atoms with Crippen molar-refractivity contribution in [1.82, 2.24) is 4.98 Å². The van der Waals surface area contributed by atoms with E-state index in [4.69, 9.17) is 10.5 Å². The van der Waals surface area contributed by atoms with Gasteiger partial charge in [-0.1, -0.05) is 0 Å². The lowest BCUT2D eigenvalue weighted by molar-refractivity contribution is 0.410. The van der Waals surface area contributed by atoms with Gasteiger partial charge in [0.25, 0.3) is 0 Å². The minimum atomic E-state index is 0.613. The summed E-state index contributed by atoms with van der Waals surface area (Å²) in [6, 6.07) is 9.49. The summed E-state index contributed by atoms with van der Waals surface area (Å²) in [4.78, 5) is 4.44. The second-order valence-corrected chi connectivity index (χ2v) is 5.04. The maximum atomic E-state index is 5.79. The third-order valence-electron chi connectivity index (χ3n) is 2.79. The van der Waals surface area contributed by atoms with Crippen molar-refractivity contribution in [1.29, 1.82) is 0 Å². The molecule has 1 aromatic heterocycles. The molecule has 5 heteroatoms. The van der Waals surface area contributed by atoms with Crippen LogP contribution in [0.3, 0.4) is 0 Å². The second kappa shape index (κ2) is 5.93. The number of aryl methyl sites for hydroxylation is 1. The first kappa shape index (κ1) is 13.7. The smallest absolute Gasteiger partial charge is 0.126 e. The molecular formula is C14H16BrN3O. The largest absolute Gasteiger partial charge is 0.496 e. The van der Waals surface area contributed by atoms with E-state index in [1.165, 1.54) is 0 Å². The fourth-order valence-corrected chi connectivity index (χ4v) is 1.99. The van der Waals surface area contributed by atoms with Crippen LogP contribution in [0.1, 0.15) is 11.3 Å². The van der Waals surface area contributed by atoms with Crippen LogP contribution in [0.15, 0.2) is 34.8 Å². The molecule has 0 spiro atoms. The highest BCUT2D eigenvalue weighted by Crippen LogP contribution is 2.22. The Kier molecular flexibility index (Phi) is 4.27. The molecule has 1 heterocycles. The zero-order valence-corrected chi connectivity index (χ0v) is 12.5. The van der Waals surface area contributed by atoms with Gasteiger partial charge >= 0.3 is 0 Å². The molecule has 0 radical (unpaired) electrons. The SMILES string of the molecule is COc1ccc(N)cc1CNc1ccc(Br)c(C)n1. The first-order valence-corrected chi connectivity index (χ1v) is 6.69. The molecule has 0 aliphatic carbocycles. The summed E-state index contributed by atoms with van der Waals surface area (Å²) in [6.07, 6.45) is 0. The third-order valence-corrected chi connectivity index (χ3v) is 3.62. The van der Waals surface area contributed by atoms with E-state index in [1.54, 1.807) is 7.11 Å². The predicted octanol–water partition coefficient (Wildman–Crippen LogP) is 3.36. The summed E-state index contributed by atoms with van der Waals surface area (Å²) in [5.41, 5.74) is 8.46. The van der Waals surface area contributed by atoms with E-state index in [9.17, 15) is 0 Å². The fraction of sp³-hybridized carbons (Fsp3) is 0.214. The average Bonchev–Trinajstić information content (AvgIpc) is 2.40. The molecule has 0 bridgehead atoms. The standard InChI is InChI=1S/C14H16BrN3O/c1-9-12(15)4-6-14(18-9)17-8-10-7-11(16)3-5-13(10)19-2/h3-7H,8,16H2,1-2H3,(H,17,18). The van der Waals surface area contributed by atoms with Crippen LogP contribution >= 0.6 is 15.9 Å². The summed E-state index contributed by atoms with van der Waals surface area (Å²) >= 11 is 3.43. The number of hydrogen-bond donors (Lipinski definition) is 2. The Morgan fingerprint density at radius 1 is 1.32 bits per heavy atom. The van der Waals surface area contributed by atoms with E-state index in [2.05, 4.69) is 26.2 Å². The first-order valence-electron chi connectivity index (χ1n) is 5.89. The minimum absolute atomic E-state index is 0.613. The van der Waals surface area contributed by atoms with Crippen LogP contribution in [0.4, 0.5) is 11.5 Å². The number of aromatic nitrogens is 1. The van der Waals surface area contributed by atoms with Crippen molar-refractivity contribution < 1.29 is 4.74 Å². The number of hydrogen-bond acceptors (Lipinski definition) is 4.